The van der Waals surface area contributed by atoms with Gasteiger partial charge in [0.1, 0.15) is 10.9 Å². The zero-order valence-electron chi connectivity index (χ0n) is 12.6. The molecule has 0 aliphatic carbocycles. The molecule has 0 unspecified atom stereocenters. The Kier molecular flexibility index (Phi) is 3.92. The Morgan fingerprint density at radius 3 is 2.00 bits per heavy atom. The van der Waals surface area contributed by atoms with Crippen LogP contribution in [0.2, 0.25) is 0 Å². The van der Waals surface area contributed by atoms with Gasteiger partial charge in [-0.1, -0.05) is 64.5 Å². The lowest BCUT2D eigenvalue weighted by Crippen LogP contribution is -2.26. The molecule has 0 aliphatic heterocycles. The summed E-state index contributed by atoms with van der Waals surface area (Å²) in [6, 6.07) is 18.6. The van der Waals surface area contributed by atoms with Gasteiger partial charge >= 0.3 is 5.97 Å². The van der Waals surface area contributed by atoms with E-state index in [2.05, 4.69) is 46.3 Å². The maximum absolute atomic E-state index is 12.0. The molecule has 0 N–H and O–H groups in total. The first-order valence-corrected chi connectivity index (χ1v) is 8.01. The highest BCUT2D eigenvalue weighted by atomic mass is 79.9. The van der Waals surface area contributed by atoms with E-state index in [1.807, 2.05) is 24.3 Å². The number of halogens is 1. The third kappa shape index (κ3) is 2.86. The third-order valence-corrected chi connectivity index (χ3v) is 4.04. The Balaban J connectivity index is 2.10. The normalized spacial score (nSPS) is 11.8. The summed E-state index contributed by atoms with van der Waals surface area (Å²) in [5, 5.41) is 4.57. The van der Waals surface area contributed by atoms with Crippen LogP contribution in [0.15, 0.2) is 54.6 Å². The predicted octanol–water partition coefficient (Wildman–Crippen LogP) is 5.21. The number of fused-ring (bicyclic) bond motifs is 2. The summed E-state index contributed by atoms with van der Waals surface area (Å²) in [7, 11) is 0. The first-order chi connectivity index (χ1) is 10.5. The van der Waals surface area contributed by atoms with Crippen molar-refractivity contribution in [3.05, 3.63) is 60.2 Å². The second-order valence-corrected chi connectivity index (χ2v) is 7.83. The maximum Gasteiger partial charge on any atom is 0.322 e. The van der Waals surface area contributed by atoms with Crippen molar-refractivity contribution in [2.45, 2.75) is 24.8 Å². The fourth-order valence-electron chi connectivity index (χ4n) is 2.57. The molecule has 0 radical (unpaired) electrons. The van der Waals surface area contributed by atoms with Crippen molar-refractivity contribution in [3.8, 4) is 0 Å². The smallest absolute Gasteiger partial charge is 0.322 e. The number of esters is 1. The van der Waals surface area contributed by atoms with E-state index in [0.29, 0.717) is 0 Å². The number of carbonyl (C=O) groups is 1. The molecule has 3 rings (SSSR count). The highest BCUT2D eigenvalue weighted by molar-refractivity contribution is 9.10. The van der Waals surface area contributed by atoms with E-state index in [-0.39, 0.29) is 12.6 Å². The Bertz CT molecular complexity index is 793. The second-order valence-electron chi connectivity index (χ2n) is 5.85. The molecule has 0 heterocycles. The Morgan fingerprint density at radius 1 is 1.00 bits per heavy atom. The molecule has 0 saturated heterocycles. The van der Waals surface area contributed by atoms with Gasteiger partial charge < -0.3 is 4.74 Å². The molecule has 0 spiro atoms. The van der Waals surface area contributed by atoms with Gasteiger partial charge in [0, 0.05) is 5.56 Å². The van der Waals surface area contributed by atoms with Crippen LogP contribution in [0, 0.1) is 0 Å². The monoisotopic (exact) mass is 356 g/mol. The molecule has 22 heavy (non-hydrogen) atoms. The molecule has 3 heteroatoms. The van der Waals surface area contributed by atoms with E-state index >= 15 is 0 Å². The number of carbonyl (C=O) groups excluding carboxylic acids is 1. The van der Waals surface area contributed by atoms with Gasteiger partial charge in [-0.15, -0.1) is 0 Å². The van der Waals surface area contributed by atoms with Crippen LogP contribution in [0.25, 0.3) is 21.5 Å². The van der Waals surface area contributed by atoms with Crippen LogP contribution >= 0.6 is 15.9 Å². The molecule has 0 saturated carbocycles. The first kappa shape index (κ1) is 15.0. The number of hydrogen-bond donors (Lipinski definition) is 0. The second kappa shape index (κ2) is 5.73. The lowest BCUT2D eigenvalue weighted by molar-refractivity contribution is -0.146. The average Bonchev–Trinajstić information content (AvgIpc) is 2.50. The largest absolute Gasteiger partial charge is 0.460 e. The van der Waals surface area contributed by atoms with Gasteiger partial charge in [0.15, 0.2) is 0 Å². The molecule has 3 aromatic carbocycles. The van der Waals surface area contributed by atoms with Crippen molar-refractivity contribution in [1.82, 2.24) is 0 Å². The van der Waals surface area contributed by atoms with Crippen molar-refractivity contribution in [3.63, 3.8) is 0 Å². The number of rotatable bonds is 3. The third-order valence-electron chi connectivity index (χ3n) is 3.72. The fourth-order valence-corrected chi connectivity index (χ4v) is 2.69. The van der Waals surface area contributed by atoms with Crippen LogP contribution < -0.4 is 0 Å². The minimum atomic E-state index is -0.673. The van der Waals surface area contributed by atoms with Gasteiger partial charge in [-0.05, 0) is 41.5 Å². The highest BCUT2D eigenvalue weighted by Crippen LogP contribution is 2.29. The van der Waals surface area contributed by atoms with Crippen LogP contribution in [0.4, 0.5) is 0 Å². The quantitative estimate of drug-likeness (QED) is 0.365. The van der Waals surface area contributed by atoms with Crippen LogP contribution in [-0.2, 0) is 16.1 Å². The lowest BCUT2D eigenvalue weighted by Gasteiger charge is -2.17. The number of alkyl halides is 1. The average molecular weight is 357 g/mol. The Labute approximate surface area is 138 Å². The summed E-state index contributed by atoms with van der Waals surface area (Å²) in [5.41, 5.74) is 1.05. The predicted molar refractivity (Wildman–Crippen MR) is 94.3 cm³/mol. The molecule has 0 atom stereocenters. The van der Waals surface area contributed by atoms with Gasteiger partial charge in [-0.2, -0.15) is 0 Å². The summed E-state index contributed by atoms with van der Waals surface area (Å²) in [6.07, 6.45) is 0. The van der Waals surface area contributed by atoms with Crippen LogP contribution in [-0.4, -0.2) is 10.3 Å². The maximum atomic E-state index is 12.0. The van der Waals surface area contributed by atoms with Crippen molar-refractivity contribution in [2.75, 3.05) is 0 Å². The van der Waals surface area contributed by atoms with Crippen molar-refractivity contribution in [2.24, 2.45) is 0 Å². The Hall–Kier alpha value is -1.87. The first-order valence-electron chi connectivity index (χ1n) is 7.22. The summed E-state index contributed by atoms with van der Waals surface area (Å²) in [6.45, 7) is 3.85. The minimum absolute atomic E-state index is 0.260. The molecule has 3 aromatic rings. The van der Waals surface area contributed by atoms with E-state index in [9.17, 15) is 4.79 Å². The number of benzene rings is 3. The number of ether oxygens (including phenoxy) is 1. The minimum Gasteiger partial charge on any atom is -0.460 e. The molecule has 0 aromatic heterocycles. The Morgan fingerprint density at radius 2 is 1.50 bits per heavy atom. The van der Waals surface area contributed by atoms with Gasteiger partial charge in [0.25, 0.3) is 0 Å². The van der Waals surface area contributed by atoms with Gasteiger partial charge in [-0.25, -0.2) is 0 Å². The number of hydrogen-bond acceptors (Lipinski definition) is 2. The molecular formula is C19H17BrO2. The molecule has 0 aliphatic rings. The zero-order chi connectivity index (χ0) is 15.7. The summed E-state index contributed by atoms with van der Waals surface area (Å²) in [4.78, 5) is 12.0. The highest BCUT2D eigenvalue weighted by Gasteiger charge is 2.25. The van der Waals surface area contributed by atoms with E-state index in [1.165, 1.54) is 0 Å². The van der Waals surface area contributed by atoms with Gasteiger partial charge in [0.2, 0.25) is 0 Å². The van der Waals surface area contributed by atoms with E-state index in [0.717, 1.165) is 27.1 Å². The SMILES string of the molecule is CC(C)(Br)C(=O)OCc1c2ccccc2cc2ccccc12. The van der Waals surface area contributed by atoms with Gasteiger partial charge in [0.05, 0.1) is 0 Å². The molecular weight excluding hydrogens is 340 g/mol. The standard InChI is InChI=1S/C19H17BrO2/c1-19(2,20)18(21)22-12-17-15-9-5-3-7-13(15)11-14-8-4-6-10-16(14)17/h3-11H,12H2,1-2H3. The molecule has 2 nitrogen and oxygen atoms in total. The summed E-state index contributed by atoms with van der Waals surface area (Å²) < 4.78 is 4.85. The van der Waals surface area contributed by atoms with Crippen LogP contribution in [0.5, 0.6) is 0 Å². The van der Waals surface area contributed by atoms with Crippen LogP contribution in [0.1, 0.15) is 19.4 Å². The van der Waals surface area contributed by atoms with Gasteiger partial charge in [-0.3, -0.25) is 4.79 Å². The molecule has 0 bridgehead atoms. The molecule has 0 fully saturated rings. The topological polar surface area (TPSA) is 26.3 Å². The summed E-state index contributed by atoms with van der Waals surface area (Å²) in [5.74, 6) is -0.260. The van der Waals surface area contributed by atoms with E-state index in [1.54, 1.807) is 13.8 Å². The van der Waals surface area contributed by atoms with E-state index < -0.39 is 4.32 Å². The summed E-state index contributed by atoms with van der Waals surface area (Å²) >= 11 is 3.34. The molecule has 112 valence electrons. The van der Waals surface area contributed by atoms with Crippen molar-refractivity contribution < 1.29 is 9.53 Å². The zero-order valence-corrected chi connectivity index (χ0v) is 14.2. The van der Waals surface area contributed by atoms with E-state index in [4.69, 9.17) is 4.74 Å². The fraction of sp³-hybridized carbons (Fsp3) is 0.211. The van der Waals surface area contributed by atoms with Crippen molar-refractivity contribution >= 4 is 43.4 Å². The lowest BCUT2D eigenvalue weighted by atomic mass is 9.97. The van der Waals surface area contributed by atoms with Crippen molar-refractivity contribution in [1.29, 1.82) is 0 Å². The van der Waals surface area contributed by atoms with Crippen LogP contribution in [0.3, 0.4) is 0 Å². The molecule has 0 amide bonds.